The van der Waals surface area contributed by atoms with E-state index >= 15 is 0 Å². The Bertz CT molecular complexity index is 1110. The van der Waals surface area contributed by atoms with Crippen LogP contribution in [0.15, 0.2) is 50.7 Å². The van der Waals surface area contributed by atoms with E-state index in [1.165, 1.54) is 15.4 Å². The number of H-pyrrole nitrogens is 1. The summed E-state index contributed by atoms with van der Waals surface area (Å²) < 4.78 is 9.10. The molecule has 3 aromatic rings. The number of benzene rings is 1. The summed E-state index contributed by atoms with van der Waals surface area (Å²) in [5.74, 6) is 0. The molecule has 3 heterocycles. The molecule has 2 aromatic heterocycles. The third-order valence-electron chi connectivity index (χ3n) is 4.52. The Morgan fingerprint density at radius 2 is 2.00 bits per heavy atom. The second-order valence-corrected chi connectivity index (χ2v) is 7.26. The van der Waals surface area contributed by atoms with E-state index in [0.29, 0.717) is 0 Å². The van der Waals surface area contributed by atoms with Crippen LogP contribution in [0.4, 0.5) is 0 Å². The molecular formula is C17H16BrN5O5. The Kier molecular flexibility index (Phi) is 4.98. The number of hydrogen-bond acceptors (Lipinski definition) is 7. The molecule has 3 atom stereocenters. The molecular weight excluding hydrogens is 434 g/mol. The summed E-state index contributed by atoms with van der Waals surface area (Å²) in [6.45, 7) is -0.371. The Hall–Kier alpha value is -2.60. The predicted molar refractivity (Wildman–Crippen MR) is 101 cm³/mol. The van der Waals surface area contributed by atoms with E-state index in [0.717, 1.165) is 10.2 Å². The highest BCUT2D eigenvalue weighted by atomic mass is 79.9. The minimum Gasteiger partial charge on any atom is -0.394 e. The van der Waals surface area contributed by atoms with Gasteiger partial charge in [0, 0.05) is 17.1 Å². The second kappa shape index (κ2) is 7.43. The molecule has 0 aliphatic carbocycles. The van der Waals surface area contributed by atoms with Crippen LogP contribution in [0.3, 0.4) is 0 Å². The standard InChI is InChI=1S/C17H16BrN5O5/c18-9-1-3-10(4-2-9)23-7-12(20-21-23)11-6-22(17(27)19-16(11)26)15-5-13(25)14(8-24)28-15/h1-4,6-7,13-15,24-25H,5,8H2,(H,19,26,27). The number of rotatable bonds is 4. The molecule has 4 rings (SSSR count). The van der Waals surface area contributed by atoms with Crippen molar-refractivity contribution in [2.45, 2.75) is 24.9 Å². The molecule has 1 saturated heterocycles. The predicted octanol–water partition coefficient (Wildman–Crippen LogP) is 0.188. The normalized spacial score (nSPS) is 21.9. The molecule has 1 aliphatic rings. The smallest absolute Gasteiger partial charge is 0.330 e. The highest BCUT2D eigenvalue weighted by Gasteiger charge is 2.35. The van der Waals surface area contributed by atoms with Gasteiger partial charge in [-0.3, -0.25) is 14.3 Å². The zero-order valence-electron chi connectivity index (χ0n) is 14.4. The first-order valence-electron chi connectivity index (χ1n) is 8.45. The fourth-order valence-electron chi connectivity index (χ4n) is 3.04. The van der Waals surface area contributed by atoms with Crippen molar-refractivity contribution in [2.75, 3.05) is 6.61 Å². The molecule has 0 amide bonds. The van der Waals surface area contributed by atoms with Gasteiger partial charge in [-0.2, -0.15) is 0 Å². The van der Waals surface area contributed by atoms with Gasteiger partial charge in [0.1, 0.15) is 18.0 Å². The lowest BCUT2D eigenvalue weighted by molar-refractivity contribution is -0.0458. The molecule has 28 heavy (non-hydrogen) atoms. The van der Waals surface area contributed by atoms with Crippen molar-refractivity contribution in [1.82, 2.24) is 24.5 Å². The van der Waals surface area contributed by atoms with Crippen molar-refractivity contribution >= 4 is 15.9 Å². The summed E-state index contributed by atoms with van der Waals surface area (Å²) >= 11 is 3.36. The summed E-state index contributed by atoms with van der Waals surface area (Å²) in [5.41, 5.74) is -0.130. The Morgan fingerprint density at radius 1 is 1.25 bits per heavy atom. The van der Waals surface area contributed by atoms with Crippen LogP contribution in [0.25, 0.3) is 16.9 Å². The largest absolute Gasteiger partial charge is 0.394 e. The van der Waals surface area contributed by atoms with Crippen LogP contribution in [0, 0.1) is 0 Å². The summed E-state index contributed by atoms with van der Waals surface area (Å²) in [4.78, 5) is 26.7. The fourth-order valence-corrected chi connectivity index (χ4v) is 3.30. The van der Waals surface area contributed by atoms with Crippen molar-refractivity contribution in [3.8, 4) is 16.9 Å². The number of ether oxygens (including phenoxy) is 1. The maximum Gasteiger partial charge on any atom is 0.330 e. The number of aliphatic hydroxyl groups excluding tert-OH is 2. The topological polar surface area (TPSA) is 135 Å². The van der Waals surface area contributed by atoms with Crippen molar-refractivity contribution < 1.29 is 14.9 Å². The molecule has 146 valence electrons. The molecule has 11 heteroatoms. The van der Waals surface area contributed by atoms with Gasteiger partial charge in [-0.1, -0.05) is 21.1 Å². The molecule has 1 aromatic carbocycles. The van der Waals surface area contributed by atoms with Crippen molar-refractivity contribution in [2.24, 2.45) is 0 Å². The number of aromatic amines is 1. The van der Waals surface area contributed by atoms with Gasteiger partial charge in [0.05, 0.1) is 30.2 Å². The lowest BCUT2D eigenvalue weighted by Gasteiger charge is -2.14. The lowest BCUT2D eigenvalue weighted by Crippen LogP contribution is -2.33. The Balaban J connectivity index is 1.70. The number of halogens is 1. The molecule has 0 spiro atoms. The third kappa shape index (κ3) is 3.44. The van der Waals surface area contributed by atoms with Gasteiger partial charge in [0.15, 0.2) is 0 Å². The van der Waals surface area contributed by atoms with Crippen molar-refractivity contribution in [1.29, 1.82) is 0 Å². The monoisotopic (exact) mass is 449 g/mol. The Morgan fingerprint density at radius 3 is 2.68 bits per heavy atom. The molecule has 1 fully saturated rings. The summed E-state index contributed by atoms with van der Waals surface area (Å²) in [6.07, 6.45) is 0.512. The average Bonchev–Trinajstić information content (AvgIpc) is 3.29. The molecule has 0 radical (unpaired) electrons. The molecule has 0 bridgehead atoms. The number of nitrogens with zero attached hydrogens (tertiary/aromatic N) is 4. The van der Waals surface area contributed by atoms with Crippen LogP contribution in [0.1, 0.15) is 12.6 Å². The van der Waals surface area contributed by atoms with E-state index in [1.807, 2.05) is 24.3 Å². The first-order valence-corrected chi connectivity index (χ1v) is 9.24. The SMILES string of the molecule is O=c1[nH]c(=O)n(C2CC(O)C(CO)O2)cc1-c1cn(-c2ccc(Br)cc2)nn1. The fraction of sp³-hybridized carbons (Fsp3) is 0.294. The van der Waals surface area contributed by atoms with Gasteiger partial charge in [0.25, 0.3) is 5.56 Å². The molecule has 10 nitrogen and oxygen atoms in total. The van der Waals surface area contributed by atoms with Gasteiger partial charge in [0.2, 0.25) is 0 Å². The number of aromatic nitrogens is 5. The second-order valence-electron chi connectivity index (χ2n) is 6.35. The number of hydrogen-bond donors (Lipinski definition) is 3. The van der Waals surface area contributed by atoms with E-state index in [4.69, 9.17) is 4.74 Å². The van der Waals surface area contributed by atoms with Gasteiger partial charge in [-0.05, 0) is 24.3 Å². The minimum atomic E-state index is -0.907. The highest BCUT2D eigenvalue weighted by molar-refractivity contribution is 9.10. The average molecular weight is 450 g/mol. The maximum atomic E-state index is 12.3. The quantitative estimate of drug-likeness (QED) is 0.517. The zero-order chi connectivity index (χ0) is 19.8. The first-order chi connectivity index (χ1) is 13.5. The van der Waals surface area contributed by atoms with E-state index in [2.05, 4.69) is 31.2 Å². The highest BCUT2D eigenvalue weighted by Crippen LogP contribution is 2.28. The van der Waals surface area contributed by atoms with E-state index in [1.54, 1.807) is 6.20 Å². The van der Waals surface area contributed by atoms with Gasteiger partial charge in [-0.15, -0.1) is 5.10 Å². The van der Waals surface area contributed by atoms with E-state index < -0.39 is 29.7 Å². The van der Waals surface area contributed by atoms with Crippen molar-refractivity contribution in [3.05, 3.63) is 62.0 Å². The van der Waals surface area contributed by atoms with Crippen LogP contribution in [0.5, 0.6) is 0 Å². The summed E-state index contributed by atoms with van der Waals surface area (Å²) in [5, 5.41) is 27.2. The lowest BCUT2D eigenvalue weighted by atomic mass is 10.2. The maximum absolute atomic E-state index is 12.3. The minimum absolute atomic E-state index is 0.113. The van der Waals surface area contributed by atoms with Gasteiger partial charge >= 0.3 is 5.69 Å². The zero-order valence-corrected chi connectivity index (χ0v) is 16.0. The summed E-state index contributed by atoms with van der Waals surface area (Å²) in [6, 6.07) is 7.36. The molecule has 0 saturated carbocycles. The van der Waals surface area contributed by atoms with Crippen LogP contribution < -0.4 is 11.2 Å². The molecule has 3 N–H and O–H groups in total. The van der Waals surface area contributed by atoms with E-state index in [9.17, 15) is 19.8 Å². The van der Waals surface area contributed by atoms with Gasteiger partial charge in [-0.25, -0.2) is 9.48 Å². The number of nitrogens with one attached hydrogen (secondary N) is 1. The van der Waals surface area contributed by atoms with E-state index in [-0.39, 0.29) is 24.3 Å². The third-order valence-corrected chi connectivity index (χ3v) is 5.05. The van der Waals surface area contributed by atoms with Crippen molar-refractivity contribution in [3.63, 3.8) is 0 Å². The van der Waals surface area contributed by atoms with Gasteiger partial charge < -0.3 is 14.9 Å². The van der Waals surface area contributed by atoms with Crippen LogP contribution >= 0.6 is 15.9 Å². The number of aliphatic hydroxyl groups is 2. The first kappa shape index (κ1) is 18.7. The van der Waals surface area contributed by atoms with Crippen LogP contribution in [0.2, 0.25) is 0 Å². The Labute approximate surface area is 166 Å². The van der Waals surface area contributed by atoms with Crippen LogP contribution in [-0.2, 0) is 4.74 Å². The molecule has 1 aliphatic heterocycles. The molecule has 3 unspecified atom stereocenters. The summed E-state index contributed by atoms with van der Waals surface area (Å²) in [7, 11) is 0. The van der Waals surface area contributed by atoms with Crippen LogP contribution in [-0.4, -0.2) is 53.6 Å².